The van der Waals surface area contributed by atoms with E-state index < -0.39 is 0 Å². The molecule has 1 aliphatic rings. The molecule has 0 bridgehead atoms. The number of morpholine rings is 1. The van der Waals surface area contributed by atoms with Crippen molar-refractivity contribution < 1.29 is 9.53 Å². The first-order valence-electron chi connectivity index (χ1n) is 8.09. The Morgan fingerprint density at radius 2 is 2.00 bits per heavy atom. The molecule has 0 radical (unpaired) electrons. The molecule has 1 saturated heterocycles. The predicted molar refractivity (Wildman–Crippen MR) is 90.4 cm³/mol. The number of hydrogen-bond acceptors (Lipinski definition) is 4. The number of anilines is 2. The number of nitrogens with one attached hydrogen (secondary N) is 2. The summed E-state index contributed by atoms with van der Waals surface area (Å²) in [5.41, 5.74) is 1.97. The van der Waals surface area contributed by atoms with Gasteiger partial charge in [-0.3, -0.25) is 4.79 Å². The van der Waals surface area contributed by atoms with E-state index >= 15 is 0 Å². The van der Waals surface area contributed by atoms with Crippen LogP contribution < -0.4 is 15.5 Å². The summed E-state index contributed by atoms with van der Waals surface area (Å²) in [4.78, 5) is 14.4. The Morgan fingerprint density at radius 3 is 2.73 bits per heavy atom. The van der Waals surface area contributed by atoms with Crippen LogP contribution in [0.15, 0.2) is 24.3 Å². The van der Waals surface area contributed by atoms with Crippen LogP contribution in [0.3, 0.4) is 0 Å². The van der Waals surface area contributed by atoms with Gasteiger partial charge in [0, 0.05) is 26.1 Å². The largest absolute Gasteiger partial charge is 0.378 e. The third-order valence-corrected chi connectivity index (χ3v) is 3.61. The van der Waals surface area contributed by atoms with Gasteiger partial charge in [0.15, 0.2) is 0 Å². The van der Waals surface area contributed by atoms with Gasteiger partial charge in [-0.1, -0.05) is 26.0 Å². The van der Waals surface area contributed by atoms with Crippen LogP contribution in [0.2, 0.25) is 0 Å². The quantitative estimate of drug-likeness (QED) is 0.758. The molecule has 22 heavy (non-hydrogen) atoms. The van der Waals surface area contributed by atoms with Crippen molar-refractivity contribution in [3.63, 3.8) is 0 Å². The van der Waals surface area contributed by atoms with E-state index in [1.54, 1.807) is 0 Å². The summed E-state index contributed by atoms with van der Waals surface area (Å²) in [7, 11) is 0. The number of benzene rings is 1. The van der Waals surface area contributed by atoms with E-state index in [1.165, 1.54) is 0 Å². The highest BCUT2D eigenvalue weighted by molar-refractivity contribution is 5.94. The Balaban J connectivity index is 1.87. The summed E-state index contributed by atoms with van der Waals surface area (Å²) in [5.74, 6) is 0.655. The standard InChI is InChI=1S/C17H27N3O2/c1-14(2)13-18-8-7-17(21)19-15-5-3-4-6-16(15)20-9-11-22-12-10-20/h3-6,14,18H,7-13H2,1-2H3,(H,19,21). The highest BCUT2D eigenvalue weighted by Crippen LogP contribution is 2.26. The highest BCUT2D eigenvalue weighted by atomic mass is 16.5. The lowest BCUT2D eigenvalue weighted by molar-refractivity contribution is -0.116. The first-order chi connectivity index (χ1) is 10.7. The van der Waals surface area contributed by atoms with Crippen LogP contribution in [0.5, 0.6) is 0 Å². The molecule has 2 rings (SSSR count). The molecule has 0 unspecified atom stereocenters. The van der Waals surface area contributed by atoms with E-state index in [4.69, 9.17) is 4.74 Å². The van der Waals surface area contributed by atoms with Crippen LogP contribution in [0.4, 0.5) is 11.4 Å². The number of para-hydroxylation sites is 2. The van der Waals surface area contributed by atoms with Gasteiger partial charge >= 0.3 is 0 Å². The molecular weight excluding hydrogens is 278 g/mol. The van der Waals surface area contributed by atoms with E-state index in [0.717, 1.165) is 44.2 Å². The van der Waals surface area contributed by atoms with Crippen LogP contribution in [0.1, 0.15) is 20.3 Å². The van der Waals surface area contributed by atoms with Gasteiger partial charge in [-0.15, -0.1) is 0 Å². The molecule has 1 aromatic rings. The molecule has 0 spiro atoms. The van der Waals surface area contributed by atoms with Crippen LogP contribution in [-0.4, -0.2) is 45.3 Å². The molecule has 1 heterocycles. The SMILES string of the molecule is CC(C)CNCCC(=O)Nc1ccccc1N1CCOCC1. The van der Waals surface area contributed by atoms with Crippen LogP contribution in [-0.2, 0) is 9.53 Å². The molecule has 0 aliphatic carbocycles. The molecule has 1 fully saturated rings. The average Bonchev–Trinajstić information content (AvgIpc) is 2.53. The normalized spacial score (nSPS) is 15.1. The maximum Gasteiger partial charge on any atom is 0.225 e. The second-order valence-electron chi connectivity index (χ2n) is 6.01. The molecule has 1 amide bonds. The molecule has 5 nitrogen and oxygen atoms in total. The van der Waals surface area contributed by atoms with Crippen LogP contribution >= 0.6 is 0 Å². The number of carbonyl (C=O) groups is 1. The fourth-order valence-electron chi connectivity index (χ4n) is 2.46. The van der Waals surface area contributed by atoms with Gasteiger partial charge in [-0.25, -0.2) is 0 Å². The third kappa shape index (κ3) is 5.31. The molecule has 2 N–H and O–H groups in total. The summed E-state index contributed by atoms with van der Waals surface area (Å²) < 4.78 is 5.39. The minimum absolute atomic E-state index is 0.0527. The lowest BCUT2D eigenvalue weighted by atomic mass is 10.2. The number of hydrogen-bond donors (Lipinski definition) is 2. The van der Waals surface area contributed by atoms with E-state index in [9.17, 15) is 4.79 Å². The van der Waals surface area contributed by atoms with Gasteiger partial charge < -0.3 is 20.3 Å². The Bertz CT molecular complexity index is 471. The first kappa shape index (κ1) is 16.8. The number of nitrogens with zero attached hydrogens (tertiary/aromatic N) is 1. The second kappa shape index (κ2) is 8.76. The number of carbonyl (C=O) groups excluding carboxylic acids is 1. The van der Waals surface area contributed by atoms with Crippen molar-refractivity contribution in [3.8, 4) is 0 Å². The molecule has 122 valence electrons. The maximum absolute atomic E-state index is 12.1. The van der Waals surface area contributed by atoms with Crippen LogP contribution in [0.25, 0.3) is 0 Å². The Labute approximate surface area is 133 Å². The van der Waals surface area contributed by atoms with Gasteiger partial charge in [0.1, 0.15) is 0 Å². The van der Waals surface area contributed by atoms with Crippen molar-refractivity contribution in [3.05, 3.63) is 24.3 Å². The van der Waals surface area contributed by atoms with Gasteiger partial charge in [-0.2, -0.15) is 0 Å². The van der Waals surface area contributed by atoms with Crippen molar-refractivity contribution in [2.45, 2.75) is 20.3 Å². The van der Waals surface area contributed by atoms with E-state index in [-0.39, 0.29) is 5.91 Å². The topological polar surface area (TPSA) is 53.6 Å². The Hall–Kier alpha value is -1.59. The third-order valence-electron chi connectivity index (χ3n) is 3.61. The first-order valence-corrected chi connectivity index (χ1v) is 8.09. The lowest BCUT2D eigenvalue weighted by Crippen LogP contribution is -2.36. The maximum atomic E-state index is 12.1. The summed E-state index contributed by atoms with van der Waals surface area (Å²) in [6.45, 7) is 9.17. The number of ether oxygens (including phenoxy) is 1. The number of amides is 1. The Kier molecular flexibility index (Phi) is 6.68. The fourth-order valence-corrected chi connectivity index (χ4v) is 2.46. The van der Waals surface area contributed by atoms with Crippen molar-refractivity contribution in [1.29, 1.82) is 0 Å². The molecule has 1 aliphatic heterocycles. The van der Waals surface area contributed by atoms with Gasteiger partial charge in [-0.05, 0) is 24.6 Å². The monoisotopic (exact) mass is 305 g/mol. The molecule has 1 aromatic carbocycles. The fraction of sp³-hybridized carbons (Fsp3) is 0.588. The molecule has 0 atom stereocenters. The minimum Gasteiger partial charge on any atom is -0.378 e. The zero-order chi connectivity index (χ0) is 15.8. The second-order valence-corrected chi connectivity index (χ2v) is 6.01. The van der Waals surface area contributed by atoms with Gasteiger partial charge in [0.2, 0.25) is 5.91 Å². The summed E-state index contributed by atoms with van der Waals surface area (Å²) >= 11 is 0. The Morgan fingerprint density at radius 1 is 1.27 bits per heavy atom. The molecule has 0 saturated carbocycles. The summed E-state index contributed by atoms with van der Waals surface area (Å²) in [6, 6.07) is 7.98. The smallest absolute Gasteiger partial charge is 0.225 e. The van der Waals surface area contributed by atoms with Gasteiger partial charge in [0.25, 0.3) is 0 Å². The summed E-state index contributed by atoms with van der Waals surface area (Å²) in [6.07, 6.45) is 0.490. The van der Waals surface area contributed by atoms with E-state index in [0.29, 0.717) is 18.9 Å². The minimum atomic E-state index is 0.0527. The van der Waals surface area contributed by atoms with E-state index in [2.05, 4.69) is 35.4 Å². The lowest BCUT2D eigenvalue weighted by Gasteiger charge is -2.30. The zero-order valence-electron chi connectivity index (χ0n) is 13.6. The molecule has 5 heteroatoms. The van der Waals surface area contributed by atoms with Crippen molar-refractivity contribution in [2.75, 3.05) is 49.6 Å². The van der Waals surface area contributed by atoms with E-state index in [1.807, 2.05) is 18.2 Å². The van der Waals surface area contributed by atoms with Gasteiger partial charge in [0.05, 0.1) is 24.6 Å². The molecule has 0 aromatic heterocycles. The summed E-state index contributed by atoms with van der Waals surface area (Å²) in [5, 5.41) is 6.33. The van der Waals surface area contributed by atoms with Crippen molar-refractivity contribution >= 4 is 17.3 Å². The average molecular weight is 305 g/mol. The number of rotatable bonds is 7. The van der Waals surface area contributed by atoms with Crippen molar-refractivity contribution in [2.24, 2.45) is 5.92 Å². The van der Waals surface area contributed by atoms with Crippen molar-refractivity contribution in [1.82, 2.24) is 5.32 Å². The zero-order valence-corrected chi connectivity index (χ0v) is 13.6. The highest BCUT2D eigenvalue weighted by Gasteiger charge is 2.15. The molecular formula is C17H27N3O2. The predicted octanol–water partition coefficient (Wildman–Crippen LogP) is 2.10. The van der Waals surface area contributed by atoms with Crippen LogP contribution in [0, 0.1) is 5.92 Å².